The zero-order chi connectivity index (χ0) is 22.5. The van der Waals surface area contributed by atoms with Crippen LogP contribution in [0.1, 0.15) is 16.1 Å². The van der Waals surface area contributed by atoms with E-state index in [9.17, 15) is 32.2 Å². The summed E-state index contributed by atoms with van der Waals surface area (Å²) in [5.74, 6) is -2.45. The lowest BCUT2D eigenvalue weighted by Gasteiger charge is -2.27. The molecule has 0 saturated carbocycles. The molecule has 0 aliphatic rings. The molecule has 3 atom stereocenters. The van der Waals surface area contributed by atoms with Gasteiger partial charge in [0.15, 0.2) is 5.13 Å². The molecule has 0 aliphatic heterocycles. The molecule has 0 aliphatic carbocycles. The lowest BCUT2D eigenvalue weighted by Crippen LogP contribution is -2.51. The van der Waals surface area contributed by atoms with Gasteiger partial charge in [-0.15, -0.1) is 11.3 Å². The minimum atomic E-state index is -3.58. The molecular weight excluding hydrogens is 444 g/mol. The predicted octanol–water partition coefficient (Wildman–Crippen LogP) is 0.502. The maximum Gasteiger partial charge on any atom is 0.271 e. The van der Waals surface area contributed by atoms with Crippen LogP contribution in [0.4, 0.5) is 13.9 Å². The van der Waals surface area contributed by atoms with Crippen LogP contribution < -0.4 is 10.0 Å². The van der Waals surface area contributed by atoms with Crippen molar-refractivity contribution < 1.29 is 36.9 Å². The van der Waals surface area contributed by atoms with Crippen molar-refractivity contribution in [2.75, 3.05) is 24.7 Å². The zero-order valence-electron chi connectivity index (χ0n) is 16.0. The number of nitrogens with one attached hydrogen (secondary N) is 2. The first-order valence-electron chi connectivity index (χ1n) is 8.52. The van der Waals surface area contributed by atoms with Crippen molar-refractivity contribution in [2.45, 2.75) is 24.7 Å². The fourth-order valence-electron chi connectivity index (χ4n) is 2.60. The molecule has 0 radical (unpaired) electrons. The van der Waals surface area contributed by atoms with Gasteiger partial charge in [-0.05, 0) is 24.1 Å². The number of rotatable bonds is 10. The van der Waals surface area contributed by atoms with Crippen molar-refractivity contribution in [3.8, 4) is 0 Å². The van der Waals surface area contributed by atoms with Crippen LogP contribution in [0.5, 0.6) is 0 Å². The third-order valence-electron chi connectivity index (χ3n) is 3.85. The molecule has 1 amide bonds. The smallest absolute Gasteiger partial charge is 0.271 e. The van der Waals surface area contributed by atoms with Gasteiger partial charge < -0.3 is 20.3 Å². The van der Waals surface area contributed by atoms with Crippen LogP contribution in [-0.2, 0) is 21.2 Å². The molecular formula is C17H21F2N3O6S2. The Labute approximate surface area is 175 Å². The third-order valence-corrected chi connectivity index (χ3v) is 5.30. The number of ether oxygens (including phenoxy) is 1. The van der Waals surface area contributed by atoms with Crippen LogP contribution in [0.25, 0.3) is 0 Å². The number of benzene rings is 1. The molecule has 1 heterocycles. The number of thiazole rings is 1. The number of carbonyl (C=O) groups is 1. The number of anilines is 1. The van der Waals surface area contributed by atoms with Gasteiger partial charge in [-0.25, -0.2) is 22.2 Å². The normalized spacial score (nSPS) is 14.7. The van der Waals surface area contributed by atoms with E-state index in [1.165, 1.54) is 12.5 Å². The molecule has 166 valence electrons. The van der Waals surface area contributed by atoms with E-state index in [1.807, 2.05) is 0 Å². The number of hydrogen-bond acceptors (Lipinski definition) is 8. The number of hydrogen-bond donors (Lipinski definition) is 4. The zero-order valence-corrected chi connectivity index (χ0v) is 17.6. The summed E-state index contributed by atoms with van der Waals surface area (Å²) in [7, 11) is -2.28. The van der Waals surface area contributed by atoms with Crippen molar-refractivity contribution in [3.63, 3.8) is 0 Å². The summed E-state index contributed by atoms with van der Waals surface area (Å²) in [5.41, 5.74) is -0.00539. The molecule has 4 N–H and O–H groups in total. The van der Waals surface area contributed by atoms with Crippen LogP contribution in [-0.4, -0.2) is 67.7 Å². The van der Waals surface area contributed by atoms with Crippen molar-refractivity contribution >= 4 is 32.4 Å². The van der Waals surface area contributed by atoms with Crippen molar-refractivity contribution in [2.24, 2.45) is 0 Å². The number of halogens is 2. The van der Waals surface area contributed by atoms with Gasteiger partial charge in [0.25, 0.3) is 5.91 Å². The Bertz CT molecular complexity index is 965. The van der Waals surface area contributed by atoms with Gasteiger partial charge in [-0.2, -0.15) is 0 Å². The average Bonchev–Trinajstić information content (AvgIpc) is 3.06. The van der Waals surface area contributed by atoms with E-state index in [4.69, 9.17) is 4.74 Å². The molecule has 1 aromatic heterocycles. The van der Waals surface area contributed by atoms with Crippen LogP contribution in [0, 0.1) is 11.6 Å². The lowest BCUT2D eigenvalue weighted by atomic mass is 9.97. The highest BCUT2D eigenvalue weighted by Gasteiger charge is 2.29. The van der Waals surface area contributed by atoms with Crippen LogP contribution in [0.3, 0.4) is 0 Å². The number of nitrogens with zero attached hydrogens (tertiary/aromatic N) is 1. The highest BCUT2D eigenvalue weighted by atomic mass is 32.2. The molecule has 2 aromatic rings. The maximum absolute atomic E-state index is 13.5. The van der Waals surface area contributed by atoms with Crippen LogP contribution >= 0.6 is 11.3 Å². The molecule has 3 unspecified atom stereocenters. The topological polar surface area (TPSA) is 138 Å². The van der Waals surface area contributed by atoms with Crippen molar-refractivity contribution in [1.82, 2.24) is 10.3 Å². The number of methoxy groups -OCH3 is 1. The van der Waals surface area contributed by atoms with Gasteiger partial charge in [0, 0.05) is 18.6 Å². The molecule has 30 heavy (non-hydrogen) atoms. The predicted molar refractivity (Wildman–Crippen MR) is 106 cm³/mol. The quantitative estimate of drug-likeness (QED) is 0.401. The summed E-state index contributed by atoms with van der Waals surface area (Å²) in [4.78, 5) is 16.4. The largest absolute Gasteiger partial charge is 0.388 e. The second-order valence-corrected chi connectivity index (χ2v) is 9.09. The van der Waals surface area contributed by atoms with Crippen LogP contribution in [0.15, 0.2) is 23.6 Å². The monoisotopic (exact) mass is 465 g/mol. The third kappa shape index (κ3) is 7.25. The Morgan fingerprint density at radius 3 is 2.47 bits per heavy atom. The molecule has 13 heteroatoms. The number of amides is 1. The van der Waals surface area contributed by atoms with Gasteiger partial charge in [0.1, 0.15) is 29.5 Å². The number of sulfonamides is 1. The standard InChI is InChI=1S/C17H21F2N3O6S2/c1-28-7-14(23)15(24)12(5-9-3-10(18)6-11(19)4-9)20-16(25)13-8-29-17(21-13)22-30(2,26)27/h3-4,6,8,12,14-15,23-24H,5,7H2,1-2H3,(H,20,25)(H,21,22). The summed E-state index contributed by atoms with van der Waals surface area (Å²) < 4.78 is 56.4. The van der Waals surface area contributed by atoms with E-state index in [-0.39, 0.29) is 29.4 Å². The summed E-state index contributed by atoms with van der Waals surface area (Å²) >= 11 is 0.869. The number of carbonyl (C=O) groups excluding carboxylic acids is 1. The van der Waals surface area contributed by atoms with E-state index in [1.54, 1.807) is 0 Å². The first-order chi connectivity index (χ1) is 14.0. The molecule has 2 rings (SSSR count). The number of aliphatic hydroxyl groups is 2. The van der Waals surface area contributed by atoms with Crippen molar-refractivity contribution in [3.05, 3.63) is 46.5 Å². The SMILES string of the molecule is COCC(O)C(O)C(Cc1cc(F)cc(F)c1)NC(=O)c1csc(NS(C)(=O)=O)n1. The highest BCUT2D eigenvalue weighted by Crippen LogP contribution is 2.18. The molecule has 1 aromatic carbocycles. The molecule has 0 spiro atoms. The van der Waals surface area contributed by atoms with Gasteiger partial charge in [-0.3, -0.25) is 9.52 Å². The van der Waals surface area contributed by atoms with Gasteiger partial charge in [0.2, 0.25) is 10.0 Å². The molecule has 0 bridgehead atoms. The Balaban J connectivity index is 2.22. The Morgan fingerprint density at radius 1 is 1.27 bits per heavy atom. The van der Waals surface area contributed by atoms with Gasteiger partial charge in [-0.1, -0.05) is 0 Å². The summed E-state index contributed by atoms with van der Waals surface area (Å²) in [5, 5.41) is 24.2. The first-order valence-corrected chi connectivity index (χ1v) is 11.3. The van der Waals surface area contributed by atoms with E-state index >= 15 is 0 Å². The second-order valence-electron chi connectivity index (χ2n) is 6.49. The second kappa shape index (κ2) is 10.2. The average molecular weight is 466 g/mol. The Kier molecular flexibility index (Phi) is 8.20. The minimum Gasteiger partial charge on any atom is -0.388 e. The van der Waals surface area contributed by atoms with Crippen LogP contribution in [0.2, 0.25) is 0 Å². The van der Waals surface area contributed by atoms with Gasteiger partial charge >= 0.3 is 0 Å². The minimum absolute atomic E-state index is 0.0358. The van der Waals surface area contributed by atoms with E-state index in [0.717, 1.165) is 29.7 Å². The van der Waals surface area contributed by atoms with E-state index < -0.39 is 45.8 Å². The Hall–Kier alpha value is -2.19. The van der Waals surface area contributed by atoms with Crippen molar-refractivity contribution in [1.29, 1.82) is 0 Å². The Morgan fingerprint density at radius 2 is 1.90 bits per heavy atom. The van der Waals surface area contributed by atoms with E-state index in [0.29, 0.717) is 6.07 Å². The summed E-state index contributed by atoms with van der Waals surface area (Å²) in [6, 6.07) is 1.60. The highest BCUT2D eigenvalue weighted by molar-refractivity contribution is 7.92. The molecule has 0 saturated heterocycles. The fraction of sp³-hybridized carbons (Fsp3) is 0.412. The fourth-order valence-corrected chi connectivity index (χ4v) is 4.15. The molecule has 0 fully saturated rings. The first kappa shape index (κ1) is 24.1. The summed E-state index contributed by atoms with van der Waals surface area (Å²) in [6.45, 7) is -0.246. The maximum atomic E-state index is 13.5. The van der Waals surface area contributed by atoms with Gasteiger partial charge in [0.05, 0.1) is 18.9 Å². The summed E-state index contributed by atoms with van der Waals surface area (Å²) in [6.07, 6.45) is -2.21. The number of aliphatic hydroxyl groups excluding tert-OH is 2. The molecule has 9 nitrogen and oxygen atoms in total. The lowest BCUT2D eigenvalue weighted by molar-refractivity contribution is -0.0407. The van der Waals surface area contributed by atoms with E-state index in [2.05, 4.69) is 15.0 Å². The number of aromatic nitrogens is 1.